The van der Waals surface area contributed by atoms with E-state index < -0.39 is 18.6 Å². The van der Waals surface area contributed by atoms with Crippen molar-refractivity contribution in [1.29, 1.82) is 0 Å². The quantitative estimate of drug-likeness (QED) is 0.905. The van der Waals surface area contributed by atoms with Crippen LogP contribution in [0.4, 0.5) is 13.2 Å². The van der Waals surface area contributed by atoms with Crippen LogP contribution in [0.15, 0.2) is 18.6 Å². The molecule has 10 heteroatoms. The normalized spacial score (nSPS) is 20.8. The number of nitrogens with zero attached hydrogens (tertiary/aromatic N) is 4. The van der Waals surface area contributed by atoms with Gasteiger partial charge in [-0.1, -0.05) is 0 Å². The minimum Gasteiger partial charge on any atom is -0.371 e. The van der Waals surface area contributed by atoms with E-state index in [0.717, 1.165) is 16.4 Å². The Morgan fingerprint density at radius 1 is 1.44 bits per heavy atom. The summed E-state index contributed by atoms with van der Waals surface area (Å²) in [4.78, 5) is 12.5. The summed E-state index contributed by atoms with van der Waals surface area (Å²) in [6.07, 6.45) is 0.484. The van der Waals surface area contributed by atoms with E-state index in [1.165, 1.54) is 6.92 Å². The van der Waals surface area contributed by atoms with Gasteiger partial charge in [-0.05, 0) is 13.3 Å². The minimum atomic E-state index is -4.39. The average molecular weight is 357 g/mol. The summed E-state index contributed by atoms with van der Waals surface area (Å²) in [6.45, 7) is 0.758. The van der Waals surface area contributed by atoms with Gasteiger partial charge in [0, 0.05) is 31.6 Å². The molecule has 0 saturated carbocycles. The summed E-state index contributed by atoms with van der Waals surface area (Å²) in [6, 6.07) is -0.276. The zero-order chi connectivity index (χ0) is 18.2. The van der Waals surface area contributed by atoms with Gasteiger partial charge < -0.3 is 10.1 Å². The topological polar surface area (TPSA) is 74.0 Å². The number of nitrogens with one attached hydrogen (secondary N) is 1. The summed E-state index contributed by atoms with van der Waals surface area (Å²) in [5.74, 6) is -0.463. The molecule has 2 aromatic rings. The maximum atomic E-state index is 12.5. The van der Waals surface area contributed by atoms with Crippen LogP contribution in [0.1, 0.15) is 34.1 Å². The second kappa shape index (κ2) is 6.51. The van der Waals surface area contributed by atoms with Crippen molar-refractivity contribution in [3.63, 3.8) is 0 Å². The van der Waals surface area contributed by atoms with Crippen LogP contribution in [-0.4, -0.2) is 44.3 Å². The first-order chi connectivity index (χ1) is 11.7. The summed E-state index contributed by atoms with van der Waals surface area (Å²) in [5, 5.41) is 10.7. The zero-order valence-corrected chi connectivity index (χ0v) is 13.7. The molecule has 7 nitrogen and oxygen atoms in total. The van der Waals surface area contributed by atoms with Crippen molar-refractivity contribution in [3.05, 3.63) is 35.4 Å². The molecule has 2 atom stereocenters. The first-order valence-electron chi connectivity index (χ1n) is 7.75. The van der Waals surface area contributed by atoms with Gasteiger partial charge in [0.15, 0.2) is 0 Å². The number of hydrogen-bond acceptors (Lipinski definition) is 4. The van der Waals surface area contributed by atoms with Crippen molar-refractivity contribution in [3.8, 4) is 0 Å². The van der Waals surface area contributed by atoms with Gasteiger partial charge in [0.2, 0.25) is 0 Å². The molecule has 3 rings (SSSR count). The molecule has 3 heterocycles. The molecule has 1 saturated heterocycles. The van der Waals surface area contributed by atoms with Crippen LogP contribution in [0.25, 0.3) is 0 Å². The fraction of sp³-hybridized carbons (Fsp3) is 0.533. The van der Waals surface area contributed by atoms with E-state index in [1.807, 2.05) is 6.20 Å². The van der Waals surface area contributed by atoms with E-state index in [1.54, 1.807) is 17.9 Å². The lowest BCUT2D eigenvalue weighted by molar-refractivity contribution is -0.142. The van der Waals surface area contributed by atoms with E-state index in [2.05, 4.69) is 15.5 Å². The highest BCUT2D eigenvalue weighted by molar-refractivity contribution is 5.95. The monoisotopic (exact) mass is 357 g/mol. The van der Waals surface area contributed by atoms with Crippen molar-refractivity contribution < 1.29 is 22.7 Å². The van der Waals surface area contributed by atoms with E-state index in [0.29, 0.717) is 13.0 Å². The number of halogens is 3. The van der Waals surface area contributed by atoms with Crippen molar-refractivity contribution >= 4 is 5.91 Å². The maximum Gasteiger partial charge on any atom is 0.408 e. The highest BCUT2D eigenvalue weighted by atomic mass is 19.4. The number of aromatic nitrogens is 4. The molecule has 0 bridgehead atoms. The maximum absolute atomic E-state index is 12.5. The van der Waals surface area contributed by atoms with Gasteiger partial charge in [0.25, 0.3) is 5.91 Å². The lowest BCUT2D eigenvalue weighted by atomic mass is 10.0. The Labute approximate surface area is 141 Å². The smallest absolute Gasteiger partial charge is 0.371 e. The van der Waals surface area contributed by atoms with Crippen molar-refractivity contribution in [2.24, 2.45) is 7.05 Å². The van der Waals surface area contributed by atoms with Crippen LogP contribution in [-0.2, 0) is 18.3 Å². The molecule has 1 amide bonds. The van der Waals surface area contributed by atoms with Crippen LogP contribution in [0.5, 0.6) is 0 Å². The number of rotatable bonds is 4. The summed E-state index contributed by atoms with van der Waals surface area (Å²) < 4.78 is 45.4. The molecule has 1 fully saturated rings. The standard InChI is InChI=1S/C15H18F3N5O2/c1-9-11(7-23(21-9)8-15(16,17)18)14(24)20-12-3-4-25-13(12)10-5-19-22(2)6-10/h5-7,12-13H,3-4,8H2,1-2H3,(H,20,24)/t12-,13+/m0/s1. The fourth-order valence-corrected chi connectivity index (χ4v) is 2.90. The second-order valence-electron chi connectivity index (χ2n) is 6.05. The Hall–Kier alpha value is -2.36. The number of carbonyl (C=O) groups is 1. The number of carbonyl (C=O) groups excluding carboxylic acids is 1. The highest BCUT2D eigenvalue weighted by Crippen LogP contribution is 2.29. The molecule has 1 aliphatic heterocycles. The van der Waals surface area contributed by atoms with Crippen molar-refractivity contribution in [1.82, 2.24) is 24.9 Å². The number of alkyl halides is 3. The van der Waals surface area contributed by atoms with Gasteiger partial charge in [-0.15, -0.1) is 0 Å². The Balaban J connectivity index is 1.71. The fourth-order valence-electron chi connectivity index (χ4n) is 2.90. The van der Waals surface area contributed by atoms with Gasteiger partial charge in [-0.25, -0.2) is 0 Å². The number of ether oxygens (including phenoxy) is 1. The van der Waals surface area contributed by atoms with Gasteiger partial charge in [-0.2, -0.15) is 23.4 Å². The molecular formula is C15H18F3N5O2. The number of hydrogen-bond donors (Lipinski definition) is 1. The largest absolute Gasteiger partial charge is 0.408 e. The van der Waals surface area contributed by atoms with E-state index in [4.69, 9.17) is 4.74 Å². The first kappa shape index (κ1) is 17.5. The van der Waals surface area contributed by atoms with Crippen LogP contribution in [0.3, 0.4) is 0 Å². The summed E-state index contributed by atoms with van der Waals surface area (Å²) in [5.41, 5.74) is 1.22. The van der Waals surface area contributed by atoms with Gasteiger partial charge in [0.05, 0.1) is 23.5 Å². The van der Waals surface area contributed by atoms with Gasteiger partial charge in [0.1, 0.15) is 12.6 Å². The van der Waals surface area contributed by atoms with Crippen LogP contribution in [0, 0.1) is 6.92 Å². The molecule has 25 heavy (non-hydrogen) atoms. The third-order valence-corrected chi connectivity index (χ3v) is 3.99. The molecular weight excluding hydrogens is 339 g/mol. The lowest BCUT2D eigenvalue weighted by Crippen LogP contribution is -2.36. The van der Waals surface area contributed by atoms with Crippen LogP contribution < -0.4 is 5.32 Å². The van der Waals surface area contributed by atoms with Gasteiger partial charge in [-0.3, -0.25) is 14.2 Å². The van der Waals surface area contributed by atoms with Crippen LogP contribution in [0.2, 0.25) is 0 Å². The SMILES string of the molecule is Cc1nn(CC(F)(F)F)cc1C(=O)N[C@H]1CCO[C@@H]1c1cnn(C)c1. The third-order valence-electron chi connectivity index (χ3n) is 3.99. The van der Waals surface area contributed by atoms with Crippen molar-refractivity contribution in [2.75, 3.05) is 6.61 Å². The average Bonchev–Trinajstić information content (AvgIpc) is 3.18. The molecule has 1 N–H and O–H groups in total. The zero-order valence-electron chi connectivity index (χ0n) is 13.7. The Morgan fingerprint density at radius 2 is 2.20 bits per heavy atom. The molecule has 0 aliphatic carbocycles. The second-order valence-corrected chi connectivity index (χ2v) is 6.05. The number of aryl methyl sites for hydroxylation is 2. The molecule has 136 valence electrons. The highest BCUT2D eigenvalue weighted by Gasteiger charge is 2.33. The lowest BCUT2D eigenvalue weighted by Gasteiger charge is -2.18. The first-order valence-corrected chi connectivity index (χ1v) is 7.75. The molecule has 2 aromatic heterocycles. The predicted molar refractivity (Wildman–Crippen MR) is 80.8 cm³/mol. The van der Waals surface area contributed by atoms with E-state index in [9.17, 15) is 18.0 Å². The number of amides is 1. The molecule has 0 spiro atoms. The van der Waals surface area contributed by atoms with Crippen molar-refractivity contribution in [2.45, 2.75) is 38.2 Å². The molecule has 0 unspecified atom stereocenters. The Morgan fingerprint density at radius 3 is 2.84 bits per heavy atom. The van der Waals surface area contributed by atoms with E-state index >= 15 is 0 Å². The summed E-state index contributed by atoms with van der Waals surface area (Å²) >= 11 is 0. The third kappa shape index (κ3) is 4.01. The minimum absolute atomic E-state index is 0.126. The molecule has 0 radical (unpaired) electrons. The predicted octanol–water partition coefficient (Wildman–Crippen LogP) is 1.75. The Kier molecular flexibility index (Phi) is 4.55. The molecule has 0 aromatic carbocycles. The summed E-state index contributed by atoms with van der Waals surface area (Å²) in [7, 11) is 1.78. The molecule has 1 aliphatic rings. The van der Waals surface area contributed by atoms with Gasteiger partial charge >= 0.3 is 6.18 Å². The van der Waals surface area contributed by atoms with Crippen LogP contribution >= 0.6 is 0 Å². The Bertz CT molecular complexity index is 768. The van der Waals surface area contributed by atoms with E-state index in [-0.39, 0.29) is 23.4 Å².